The Hall–Kier alpha value is -3.35. The van der Waals surface area contributed by atoms with Gasteiger partial charge in [-0.1, -0.05) is 18.2 Å². The summed E-state index contributed by atoms with van der Waals surface area (Å²) in [4.78, 5) is 29.2. The van der Waals surface area contributed by atoms with Crippen molar-refractivity contribution in [2.24, 2.45) is 0 Å². The number of rotatable bonds is 4. The Kier molecular flexibility index (Phi) is 5.67. The fraction of sp³-hybridized carbons (Fsp3) is 0.375. The first-order valence-electron chi connectivity index (χ1n) is 10.6. The maximum absolute atomic E-state index is 12.8. The molecule has 0 bridgehead atoms. The number of nitrogens with zero attached hydrogens (tertiary/aromatic N) is 2. The van der Waals surface area contributed by atoms with Crippen molar-refractivity contribution in [2.75, 3.05) is 5.32 Å². The molecule has 1 aliphatic carbocycles. The van der Waals surface area contributed by atoms with Crippen LogP contribution >= 0.6 is 0 Å². The third-order valence-electron chi connectivity index (χ3n) is 5.34. The molecule has 1 aliphatic rings. The molecule has 0 aliphatic heterocycles. The molecule has 2 heterocycles. The van der Waals surface area contributed by atoms with E-state index in [0.717, 1.165) is 36.2 Å². The first kappa shape index (κ1) is 20.9. The average molecular weight is 421 g/mol. The number of benzene rings is 1. The first-order valence-corrected chi connectivity index (χ1v) is 10.6. The molecule has 2 atom stereocenters. The molecule has 0 saturated heterocycles. The van der Waals surface area contributed by atoms with Crippen molar-refractivity contribution in [3.8, 4) is 5.69 Å². The van der Waals surface area contributed by atoms with Gasteiger partial charge in [0.15, 0.2) is 0 Å². The number of pyridine rings is 2. The van der Waals surface area contributed by atoms with Crippen LogP contribution in [-0.2, 0) is 4.74 Å². The topological polar surface area (TPSA) is 85.2 Å². The summed E-state index contributed by atoms with van der Waals surface area (Å²) in [5.74, 6) is 0.750. The van der Waals surface area contributed by atoms with E-state index >= 15 is 0 Å². The van der Waals surface area contributed by atoms with E-state index in [1.165, 1.54) is 0 Å². The third-order valence-corrected chi connectivity index (χ3v) is 5.34. The van der Waals surface area contributed by atoms with Crippen molar-refractivity contribution in [3.05, 3.63) is 65.2 Å². The fourth-order valence-electron chi connectivity index (χ4n) is 3.93. The molecular formula is C24H28N4O3. The number of alkyl carbamates (subject to hydrolysis) is 1. The number of aromatic nitrogens is 2. The van der Waals surface area contributed by atoms with Gasteiger partial charge in [-0.05, 0) is 69.7 Å². The van der Waals surface area contributed by atoms with E-state index in [0.29, 0.717) is 5.39 Å². The van der Waals surface area contributed by atoms with E-state index in [1.54, 1.807) is 17.0 Å². The Morgan fingerprint density at radius 2 is 1.87 bits per heavy atom. The standard InChI is InChI=1S/C24H28N4O3/c1-24(2,3)31-23(30)27-18-9-8-17(14-18)26-21-11-10-19(15-25-21)28-13-12-16-6-4-5-7-20(16)22(28)29/h4-7,10-13,15,17-18H,8-9,14H2,1-3H3,(H,25,26)(H,27,30)/t17-,18-/m0/s1. The summed E-state index contributed by atoms with van der Waals surface area (Å²) in [7, 11) is 0. The van der Waals surface area contributed by atoms with Gasteiger partial charge in [0.25, 0.3) is 5.56 Å². The first-order chi connectivity index (χ1) is 14.8. The normalized spacial score (nSPS) is 18.7. The Morgan fingerprint density at radius 1 is 1.10 bits per heavy atom. The minimum absolute atomic E-state index is 0.0625. The van der Waals surface area contributed by atoms with Crippen molar-refractivity contribution >= 4 is 22.7 Å². The quantitative estimate of drug-likeness (QED) is 0.659. The van der Waals surface area contributed by atoms with Crippen LogP contribution < -0.4 is 16.2 Å². The number of anilines is 1. The third kappa shape index (κ3) is 5.05. The smallest absolute Gasteiger partial charge is 0.407 e. The van der Waals surface area contributed by atoms with Gasteiger partial charge in [0.05, 0.1) is 11.9 Å². The van der Waals surface area contributed by atoms with Gasteiger partial charge in [-0.2, -0.15) is 0 Å². The monoisotopic (exact) mass is 420 g/mol. The maximum atomic E-state index is 12.8. The molecule has 162 valence electrons. The van der Waals surface area contributed by atoms with E-state index in [9.17, 15) is 9.59 Å². The van der Waals surface area contributed by atoms with Gasteiger partial charge in [-0.25, -0.2) is 9.78 Å². The van der Waals surface area contributed by atoms with Crippen LogP contribution in [0.15, 0.2) is 59.7 Å². The molecule has 2 aromatic heterocycles. The molecule has 1 aromatic carbocycles. The van der Waals surface area contributed by atoms with Gasteiger partial charge >= 0.3 is 6.09 Å². The average Bonchev–Trinajstić information content (AvgIpc) is 3.14. The van der Waals surface area contributed by atoms with Crippen LogP contribution in [0.2, 0.25) is 0 Å². The van der Waals surface area contributed by atoms with Crippen LogP contribution in [0.5, 0.6) is 0 Å². The zero-order chi connectivity index (χ0) is 22.0. The second kappa shape index (κ2) is 8.41. The second-order valence-electron chi connectivity index (χ2n) is 8.98. The lowest BCUT2D eigenvalue weighted by Crippen LogP contribution is -2.38. The number of hydrogen-bond donors (Lipinski definition) is 2. The predicted molar refractivity (Wildman–Crippen MR) is 122 cm³/mol. The summed E-state index contributed by atoms with van der Waals surface area (Å²) in [5.41, 5.74) is 0.156. The highest BCUT2D eigenvalue weighted by atomic mass is 16.6. The molecule has 1 fully saturated rings. The number of amides is 1. The van der Waals surface area contributed by atoms with Gasteiger partial charge < -0.3 is 15.4 Å². The Morgan fingerprint density at radius 3 is 2.61 bits per heavy atom. The number of hydrogen-bond acceptors (Lipinski definition) is 5. The second-order valence-corrected chi connectivity index (χ2v) is 8.98. The lowest BCUT2D eigenvalue weighted by atomic mass is 10.2. The van der Waals surface area contributed by atoms with Crippen molar-refractivity contribution < 1.29 is 9.53 Å². The number of carbonyl (C=O) groups is 1. The van der Waals surface area contributed by atoms with E-state index in [-0.39, 0.29) is 23.7 Å². The minimum atomic E-state index is -0.501. The molecule has 3 aromatic rings. The van der Waals surface area contributed by atoms with Crippen LogP contribution in [0.4, 0.5) is 10.6 Å². The summed E-state index contributed by atoms with van der Waals surface area (Å²) in [5, 5.41) is 7.97. The number of carbonyl (C=O) groups excluding carboxylic acids is 1. The van der Waals surface area contributed by atoms with Crippen LogP contribution in [0.1, 0.15) is 40.0 Å². The van der Waals surface area contributed by atoms with E-state index in [2.05, 4.69) is 15.6 Å². The summed E-state index contributed by atoms with van der Waals surface area (Å²) in [6.45, 7) is 5.56. The molecule has 2 N–H and O–H groups in total. The zero-order valence-corrected chi connectivity index (χ0v) is 18.1. The van der Waals surface area contributed by atoms with Gasteiger partial charge in [0.1, 0.15) is 11.4 Å². The molecule has 31 heavy (non-hydrogen) atoms. The van der Waals surface area contributed by atoms with Gasteiger partial charge in [-0.15, -0.1) is 0 Å². The van der Waals surface area contributed by atoms with Crippen molar-refractivity contribution in [1.82, 2.24) is 14.9 Å². The van der Waals surface area contributed by atoms with Crippen LogP contribution in [-0.4, -0.2) is 33.3 Å². The van der Waals surface area contributed by atoms with Gasteiger partial charge in [0.2, 0.25) is 0 Å². The zero-order valence-electron chi connectivity index (χ0n) is 18.1. The van der Waals surface area contributed by atoms with E-state index in [1.807, 2.05) is 63.2 Å². The minimum Gasteiger partial charge on any atom is -0.444 e. The molecule has 0 spiro atoms. The van der Waals surface area contributed by atoms with E-state index < -0.39 is 5.60 Å². The Labute approximate surface area is 181 Å². The van der Waals surface area contributed by atoms with Crippen LogP contribution in [0.3, 0.4) is 0 Å². The number of ether oxygens (including phenoxy) is 1. The van der Waals surface area contributed by atoms with Crippen molar-refractivity contribution in [2.45, 2.75) is 57.7 Å². The van der Waals surface area contributed by atoms with E-state index in [4.69, 9.17) is 4.74 Å². The predicted octanol–water partition coefficient (Wildman–Crippen LogP) is 4.24. The maximum Gasteiger partial charge on any atom is 0.407 e. The fourth-order valence-corrected chi connectivity index (χ4v) is 3.93. The summed E-state index contributed by atoms with van der Waals surface area (Å²) in [6, 6.07) is 13.6. The highest BCUT2D eigenvalue weighted by Crippen LogP contribution is 2.23. The Bertz CT molecular complexity index is 1130. The van der Waals surface area contributed by atoms with Crippen molar-refractivity contribution in [3.63, 3.8) is 0 Å². The summed E-state index contributed by atoms with van der Waals surface area (Å²) in [6.07, 6.45) is 5.74. The summed E-state index contributed by atoms with van der Waals surface area (Å²) < 4.78 is 6.94. The number of fused-ring (bicyclic) bond motifs is 1. The lowest BCUT2D eigenvalue weighted by molar-refractivity contribution is 0.0505. The summed E-state index contributed by atoms with van der Waals surface area (Å²) >= 11 is 0. The van der Waals surface area contributed by atoms with Gasteiger partial charge in [-0.3, -0.25) is 9.36 Å². The molecule has 4 rings (SSSR count). The van der Waals surface area contributed by atoms with Crippen molar-refractivity contribution in [1.29, 1.82) is 0 Å². The molecule has 7 nitrogen and oxygen atoms in total. The largest absolute Gasteiger partial charge is 0.444 e. The molecule has 1 saturated carbocycles. The SMILES string of the molecule is CC(C)(C)OC(=O)N[C@H]1CC[C@H](Nc2ccc(-n3ccc4ccccc4c3=O)cn2)C1. The highest BCUT2D eigenvalue weighted by molar-refractivity contribution is 5.81. The molecule has 0 radical (unpaired) electrons. The van der Waals surface area contributed by atoms with Gasteiger partial charge in [0, 0.05) is 23.7 Å². The molecule has 1 amide bonds. The highest BCUT2D eigenvalue weighted by Gasteiger charge is 2.27. The molecular weight excluding hydrogens is 392 g/mol. The molecule has 7 heteroatoms. The Balaban J connectivity index is 1.38. The lowest BCUT2D eigenvalue weighted by Gasteiger charge is -2.22. The van der Waals surface area contributed by atoms with Crippen LogP contribution in [0.25, 0.3) is 16.5 Å². The molecule has 0 unspecified atom stereocenters. The van der Waals surface area contributed by atoms with Crippen LogP contribution in [0, 0.1) is 0 Å². The number of nitrogens with one attached hydrogen (secondary N) is 2.